The number of carboxylic acid groups (broad SMARTS) is 3. The summed E-state index contributed by atoms with van der Waals surface area (Å²) in [7, 11) is 6.22. The Kier molecular flexibility index (Phi) is 68.4. The van der Waals surface area contributed by atoms with Crippen molar-refractivity contribution in [1.82, 2.24) is 0 Å². The van der Waals surface area contributed by atoms with Gasteiger partial charge < -0.3 is 39.0 Å². The van der Waals surface area contributed by atoms with Crippen LogP contribution in [0.3, 0.4) is 0 Å². The number of ether oxygens (including phenoxy) is 5. The molecule has 67 heavy (non-hydrogen) atoms. The Labute approximate surface area is 409 Å². The van der Waals surface area contributed by atoms with Gasteiger partial charge in [-0.05, 0) is 78.2 Å². The van der Waals surface area contributed by atoms with Crippen LogP contribution >= 0.6 is 0 Å². The number of rotatable bonds is 28. The van der Waals surface area contributed by atoms with Crippen LogP contribution in [0.5, 0.6) is 0 Å². The maximum Gasteiger partial charge on any atom is 0.309 e. The van der Waals surface area contributed by atoms with Crippen molar-refractivity contribution in [2.45, 2.75) is 220 Å². The van der Waals surface area contributed by atoms with Gasteiger partial charge in [0.05, 0.1) is 36.4 Å². The van der Waals surface area contributed by atoms with Crippen LogP contribution in [0.15, 0.2) is 30.3 Å². The number of carbonyl (C=O) groups excluding carboxylic acids is 4. The molecule has 15 heteroatoms. The molecule has 0 aromatic heterocycles. The largest absolute Gasteiger partial charge is 0.481 e. The summed E-state index contributed by atoms with van der Waals surface area (Å²) < 4.78 is 26.2. The predicted octanol–water partition coefficient (Wildman–Crippen LogP) is 12.2. The monoisotopic (exact) mass is 969 g/mol. The molecule has 5 unspecified atom stereocenters. The fourth-order valence-corrected chi connectivity index (χ4v) is 6.48. The summed E-state index contributed by atoms with van der Waals surface area (Å²) >= 11 is 0. The molecule has 0 heterocycles. The molecule has 1 aliphatic rings. The van der Waals surface area contributed by atoms with Crippen molar-refractivity contribution in [3.63, 3.8) is 0 Å². The lowest BCUT2D eigenvalue weighted by Gasteiger charge is -2.30. The molecule has 0 spiro atoms. The molecular weight excluding hydrogens is 865 g/mol. The van der Waals surface area contributed by atoms with Gasteiger partial charge in [0, 0.05) is 73.6 Å². The Bertz CT molecular complexity index is 1350. The number of unbranched alkanes of at least 4 members (excludes halogenated alkanes) is 3. The van der Waals surface area contributed by atoms with Gasteiger partial charge in [-0.15, -0.1) is 0 Å². The standard InChI is InChI=1S/C14H20O3.C12H22O4.C10H16O4.C8H14O4.8CH4/c1-12(15)10-14(16-2)8-9-17-11-13-6-4-3-5-7-13;1-10(13)9-11(16-2)7-5-3-4-6-8-12(14)15;1-7(11)6-10(14-2)5-3-4-8(10)9(12)13;1-6(9)5-7(12-2)3-4-8(10)11;;;;;;;;/h3-7,14H,8-11H2,1-2H3;11H,3-9H2,1-2H3,(H,14,15);8H,3-6H2,1-2H3,(H,12,13);7H,3-5H2,1-2H3,(H,10,11);8*1H4. The van der Waals surface area contributed by atoms with Crippen molar-refractivity contribution < 1.29 is 72.6 Å². The summed E-state index contributed by atoms with van der Waals surface area (Å²) in [6.07, 6.45) is 9.28. The lowest BCUT2D eigenvalue weighted by atomic mass is 9.86. The zero-order chi connectivity index (χ0) is 45.2. The number of hydrogen-bond acceptors (Lipinski definition) is 12. The number of benzene rings is 1. The van der Waals surface area contributed by atoms with Crippen LogP contribution in [-0.4, -0.2) is 115 Å². The van der Waals surface area contributed by atoms with Crippen LogP contribution in [-0.2, 0) is 63.9 Å². The minimum absolute atomic E-state index is 0. The fraction of sp³-hybridized carbons (Fsp3) is 0.750. The van der Waals surface area contributed by atoms with E-state index >= 15 is 0 Å². The Balaban J connectivity index is -0.0000000783. The second-order valence-electron chi connectivity index (χ2n) is 14.8. The van der Waals surface area contributed by atoms with E-state index < -0.39 is 29.4 Å². The molecule has 3 N–H and O–H groups in total. The molecule has 0 bridgehead atoms. The zero-order valence-electron chi connectivity index (χ0n) is 36.7. The molecule has 1 aliphatic carbocycles. The topological polar surface area (TPSA) is 226 Å². The van der Waals surface area contributed by atoms with Gasteiger partial charge in [0.2, 0.25) is 0 Å². The SMILES string of the molecule is C.C.C.C.C.C.C.C.COC(CCC(=O)O)CC(C)=O.COC(CCCCCCC(=O)O)CC(C)=O.COC(CCOCc1ccccc1)CC(C)=O.COC1(CC(C)=O)CCCC1C(=O)O. The van der Waals surface area contributed by atoms with E-state index in [0.717, 1.165) is 50.5 Å². The molecule has 1 aromatic rings. The number of ketones is 4. The molecule has 1 saturated carbocycles. The van der Waals surface area contributed by atoms with E-state index in [9.17, 15) is 33.6 Å². The number of hydrogen-bond donors (Lipinski definition) is 3. The highest BCUT2D eigenvalue weighted by Gasteiger charge is 2.48. The first-order valence-electron chi connectivity index (χ1n) is 20.2. The normalized spacial score (nSPS) is 15.0. The number of carboxylic acids is 3. The van der Waals surface area contributed by atoms with E-state index in [1.54, 1.807) is 28.1 Å². The Morgan fingerprint density at radius 3 is 1.40 bits per heavy atom. The van der Waals surface area contributed by atoms with Crippen LogP contribution in [0, 0.1) is 5.92 Å². The Hall–Kier alpha value is -3.89. The molecule has 1 fully saturated rings. The van der Waals surface area contributed by atoms with Gasteiger partial charge >= 0.3 is 17.9 Å². The minimum atomic E-state index is -0.861. The molecule has 0 amide bonds. The Morgan fingerprint density at radius 2 is 1.01 bits per heavy atom. The summed E-state index contributed by atoms with van der Waals surface area (Å²) in [6, 6.07) is 10.0. The van der Waals surface area contributed by atoms with Gasteiger partial charge in [-0.3, -0.25) is 33.6 Å². The maximum absolute atomic E-state index is 11.1. The number of carbonyl (C=O) groups is 7. The lowest BCUT2D eigenvalue weighted by molar-refractivity contribution is -0.154. The quantitative estimate of drug-likeness (QED) is 0.0664. The van der Waals surface area contributed by atoms with Crippen LogP contribution < -0.4 is 0 Å². The van der Waals surface area contributed by atoms with Crippen molar-refractivity contribution in [3.8, 4) is 0 Å². The van der Waals surface area contributed by atoms with Crippen LogP contribution in [0.2, 0.25) is 0 Å². The average Bonchev–Trinajstić information content (AvgIpc) is 3.59. The van der Waals surface area contributed by atoms with Crippen LogP contribution in [0.1, 0.15) is 195 Å². The second-order valence-corrected chi connectivity index (χ2v) is 14.8. The lowest BCUT2D eigenvalue weighted by Crippen LogP contribution is -2.41. The van der Waals surface area contributed by atoms with Crippen LogP contribution in [0.25, 0.3) is 0 Å². The average molecular weight is 969 g/mol. The molecule has 0 radical (unpaired) electrons. The van der Waals surface area contributed by atoms with Crippen molar-refractivity contribution in [1.29, 1.82) is 0 Å². The second kappa shape index (κ2) is 53.1. The first kappa shape index (κ1) is 86.3. The molecule has 0 aliphatic heterocycles. The predicted molar refractivity (Wildman–Crippen MR) is 275 cm³/mol. The zero-order valence-corrected chi connectivity index (χ0v) is 36.7. The van der Waals surface area contributed by atoms with Gasteiger partial charge in [0.25, 0.3) is 0 Å². The highest BCUT2D eigenvalue weighted by Crippen LogP contribution is 2.41. The number of aliphatic carboxylic acids is 3. The van der Waals surface area contributed by atoms with Crippen molar-refractivity contribution in [3.05, 3.63) is 35.9 Å². The van der Waals surface area contributed by atoms with E-state index in [1.165, 1.54) is 28.1 Å². The third-order valence-electron chi connectivity index (χ3n) is 9.57. The van der Waals surface area contributed by atoms with E-state index in [0.29, 0.717) is 51.7 Å². The summed E-state index contributed by atoms with van der Waals surface area (Å²) in [6.45, 7) is 7.30. The van der Waals surface area contributed by atoms with Crippen LogP contribution in [0.4, 0.5) is 0 Å². The molecule has 402 valence electrons. The minimum Gasteiger partial charge on any atom is -0.481 e. The number of methoxy groups -OCH3 is 4. The smallest absolute Gasteiger partial charge is 0.309 e. The summed E-state index contributed by atoms with van der Waals surface area (Å²) in [5.41, 5.74) is 0.408. The first-order chi connectivity index (χ1) is 27.9. The van der Waals surface area contributed by atoms with Gasteiger partial charge in [0.1, 0.15) is 23.1 Å². The number of Topliss-reactive ketones (excluding diaryl/α,β-unsaturated/α-hetero) is 4. The van der Waals surface area contributed by atoms with Gasteiger partial charge in [-0.2, -0.15) is 0 Å². The maximum atomic E-state index is 11.1. The Morgan fingerprint density at radius 1 is 0.582 bits per heavy atom. The third-order valence-corrected chi connectivity index (χ3v) is 9.57. The van der Waals surface area contributed by atoms with Crippen molar-refractivity contribution >= 4 is 41.0 Å². The van der Waals surface area contributed by atoms with Gasteiger partial charge in [-0.1, -0.05) is 109 Å². The molecule has 5 atom stereocenters. The van der Waals surface area contributed by atoms with Gasteiger partial charge in [0.15, 0.2) is 0 Å². The first-order valence-corrected chi connectivity index (χ1v) is 20.2. The molecule has 2 rings (SSSR count). The van der Waals surface area contributed by atoms with Gasteiger partial charge in [-0.25, -0.2) is 0 Å². The molecule has 1 aromatic carbocycles. The summed E-state index contributed by atoms with van der Waals surface area (Å²) in [4.78, 5) is 74.9. The molecule has 0 saturated heterocycles. The van der Waals surface area contributed by atoms with E-state index in [-0.39, 0.29) is 120 Å². The van der Waals surface area contributed by atoms with E-state index in [2.05, 4.69) is 0 Å². The third kappa shape index (κ3) is 48.4. The molecular formula is C52H104O15. The van der Waals surface area contributed by atoms with Crippen molar-refractivity contribution in [2.75, 3.05) is 35.0 Å². The molecule has 15 nitrogen and oxygen atoms in total. The summed E-state index contributed by atoms with van der Waals surface area (Å²) in [5, 5.41) is 25.8. The van der Waals surface area contributed by atoms with E-state index in [1.807, 2.05) is 30.3 Å². The summed E-state index contributed by atoms with van der Waals surface area (Å²) in [5.74, 6) is -2.67. The highest BCUT2D eigenvalue weighted by molar-refractivity contribution is 5.79. The fourth-order valence-electron chi connectivity index (χ4n) is 6.48. The van der Waals surface area contributed by atoms with Crippen molar-refractivity contribution in [2.24, 2.45) is 5.92 Å². The highest BCUT2D eigenvalue weighted by atomic mass is 16.5. The van der Waals surface area contributed by atoms with E-state index in [4.69, 9.17) is 39.0 Å².